The van der Waals surface area contributed by atoms with Crippen LogP contribution < -0.4 is 25.6 Å². The van der Waals surface area contributed by atoms with Gasteiger partial charge in [0.25, 0.3) is 11.8 Å². The van der Waals surface area contributed by atoms with E-state index in [4.69, 9.17) is 16.3 Å². The molecular formula is C46H53ClFN9O7S. The molecule has 3 N–H and O–H groups in total. The van der Waals surface area contributed by atoms with Crippen LogP contribution in [0.3, 0.4) is 0 Å². The lowest BCUT2D eigenvalue weighted by Crippen LogP contribution is -2.54. The van der Waals surface area contributed by atoms with Gasteiger partial charge in [0.15, 0.2) is 15.7 Å². The molecule has 16 nitrogen and oxygen atoms in total. The fourth-order valence-electron chi connectivity index (χ4n) is 8.96. The Morgan fingerprint density at radius 3 is 2.26 bits per heavy atom. The van der Waals surface area contributed by atoms with E-state index in [1.807, 2.05) is 26.0 Å². The van der Waals surface area contributed by atoms with Crippen molar-refractivity contribution in [3.05, 3.63) is 87.8 Å². The zero-order valence-electron chi connectivity index (χ0n) is 37.0. The Bertz CT molecular complexity index is 2650. The summed E-state index contributed by atoms with van der Waals surface area (Å²) in [6.07, 6.45) is 3.28. The Morgan fingerprint density at radius 2 is 1.58 bits per heavy atom. The Morgan fingerprint density at radius 1 is 0.892 bits per heavy atom. The van der Waals surface area contributed by atoms with Crippen molar-refractivity contribution < 1.29 is 36.7 Å². The van der Waals surface area contributed by atoms with Crippen molar-refractivity contribution >= 4 is 73.9 Å². The number of amides is 4. The third-order valence-electron chi connectivity index (χ3n) is 12.4. The van der Waals surface area contributed by atoms with Gasteiger partial charge in [-0.25, -0.2) is 17.8 Å². The number of carbonyl (C=O) groups is 4. The summed E-state index contributed by atoms with van der Waals surface area (Å²) in [7, 11) is -3.60. The van der Waals surface area contributed by atoms with Crippen LogP contribution in [0.2, 0.25) is 5.02 Å². The highest BCUT2D eigenvalue weighted by Crippen LogP contribution is 2.38. The largest absolute Gasteiger partial charge is 0.489 e. The predicted octanol–water partition coefficient (Wildman–Crippen LogP) is 6.22. The molecule has 4 aliphatic heterocycles. The minimum absolute atomic E-state index is 0.00920. The van der Waals surface area contributed by atoms with Gasteiger partial charge in [-0.05, 0) is 89.8 Å². The summed E-state index contributed by atoms with van der Waals surface area (Å²) in [6, 6.07) is 12.5. The molecule has 65 heavy (non-hydrogen) atoms. The predicted molar refractivity (Wildman–Crippen MR) is 244 cm³/mol. The molecule has 1 unspecified atom stereocenters. The molecule has 1 atom stereocenters. The van der Waals surface area contributed by atoms with Crippen LogP contribution in [-0.2, 0) is 26.0 Å². The molecule has 0 aliphatic carbocycles. The number of benzene rings is 3. The lowest BCUT2D eigenvalue weighted by molar-refractivity contribution is -0.136. The Labute approximate surface area is 382 Å². The summed E-state index contributed by atoms with van der Waals surface area (Å²) in [5, 5.41) is 8.18. The Hall–Kier alpha value is -5.69. The zero-order chi connectivity index (χ0) is 46.3. The van der Waals surface area contributed by atoms with Crippen LogP contribution >= 0.6 is 11.6 Å². The molecular weight excluding hydrogens is 877 g/mol. The number of anilines is 5. The molecule has 0 radical (unpaired) electrons. The van der Waals surface area contributed by atoms with Crippen LogP contribution in [-0.4, -0.2) is 119 Å². The number of carbonyl (C=O) groups excluding carboxylic acids is 4. The number of nitrogens with one attached hydrogen (secondary N) is 3. The summed E-state index contributed by atoms with van der Waals surface area (Å²) in [6.45, 7) is 14.2. The van der Waals surface area contributed by atoms with E-state index < -0.39 is 50.6 Å². The molecule has 344 valence electrons. The average molecular weight is 931 g/mol. The van der Waals surface area contributed by atoms with Gasteiger partial charge in [0.2, 0.25) is 17.8 Å². The number of para-hydroxylation sites is 1. The van der Waals surface area contributed by atoms with Gasteiger partial charge in [-0.3, -0.25) is 39.2 Å². The van der Waals surface area contributed by atoms with Crippen LogP contribution in [0.5, 0.6) is 5.75 Å². The first kappa shape index (κ1) is 45.9. The molecule has 3 fully saturated rings. The molecule has 8 rings (SSSR count). The van der Waals surface area contributed by atoms with Crippen molar-refractivity contribution in [2.24, 2.45) is 0 Å². The third-order valence-corrected chi connectivity index (χ3v) is 14.9. The van der Waals surface area contributed by atoms with Gasteiger partial charge in [-0.2, -0.15) is 4.98 Å². The van der Waals surface area contributed by atoms with E-state index in [1.165, 1.54) is 12.3 Å². The number of piperazine rings is 1. The maximum Gasteiger partial charge on any atom is 0.262 e. The van der Waals surface area contributed by atoms with Gasteiger partial charge in [0.05, 0.1) is 44.9 Å². The highest BCUT2D eigenvalue weighted by atomic mass is 35.5. The van der Waals surface area contributed by atoms with Crippen LogP contribution in [0.15, 0.2) is 59.6 Å². The van der Waals surface area contributed by atoms with Crippen molar-refractivity contribution in [2.75, 3.05) is 54.8 Å². The number of aryl methyl sites for hydroxylation is 1. The number of imide groups is 2. The quantitative estimate of drug-likeness (QED) is 0.128. The Balaban J connectivity index is 0.884. The molecule has 3 aromatic carbocycles. The van der Waals surface area contributed by atoms with Gasteiger partial charge in [-0.1, -0.05) is 23.7 Å². The second-order valence-corrected chi connectivity index (χ2v) is 20.4. The minimum Gasteiger partial charge on any atom is -0.489 e. The SMILES string of the molecule is Cc1cc(Nc2ncc(Cl)c(Nc3ccccc3S(=O)(=O)C(C)C)n2)c(OC(C)C)cc1N1CCC(N2CCN(Cc3cc4c(cc3F)C(=O)N(C3CCC(=O)NC3=O)C4=O)CC2)CC1. The van der Waals surface area contributed by atoms with E-state index in [2.05, 4.69) is 47.5 Å². The van der Waals surface area contributed by atoms with Gasteiger partial charge in [-0.15, -0.1) is 0 Å². The van der Waals surface area contributed by atoms with Gasteiger partial charge in [0, 0.05) is 75.6 Å². The maximum absolute atomic E-state index is 15.4. The van der Waals surface area contributed by atoms with E-state index in [-0.39, 0.29) is 58.3 Å². The standard InChI is InChI=1S/C46H53ClFN9O7S/c1-26(2)64-39-23-38(28(5)20-36(39)51-46-49-24-33(47)42(53-46)50-35-8-6-7-9-40(35)65(62,63)27(3)4)56-14-12-30(13-15-56)55-18-16-54(17-19-55)25-29-21-31-32(22-34(29)48)45(61)57(44(31)60)37-10-11-41(58)52-43(37)59/h6-9,20-24,26-27,30,37H,10-19,25H2,1-5H3,(H,52,58,59)(H2,49,50,51,53). The zero-order valence-corrected chi connectivity index (χ0v) is 38.6. The lowest BCUT2D eigenvalue weighted by atomic mass is 10.00. The average Bonchev–Trinajstić information content (AvgIpc) is 3.50. The molecule has 0 spiro atoms. The van der Waals surface area contributed by atoms with Crippen molar-refractivity contribution in [1.29, 1.82) is 0 Å². The first-order chi connectivity index (χ1) is 31.0. The number of hydrogen-bond donors (Lipinski definition) is 3. The first-order valence-electron chi connectivity index (χ1n) is 21.9. The number of aromatic nitrogens is 2. The van der Waals surface area contributed by atoms with Gasteiger partial charge < -0.3 is 20.3 Å². The minimum atomic E-state index is -3.60. The van der Waals surface area contributed by atoms with E-state index in [1.54, 1.807) is 38.1 Å². The number of nitrogens with zero attached hydrogens (tertiary/aromatic N) is 6. The van der Waals surface area contributed by atoms with Crippen molar-refractivity contribution in [2.45, 2.75) is 95.2 Å². The van der Waals surface area contributed by atoms with Crippen LogP contribution in [0.25, 0.3) is 0 Å². The molecule has 4 amide bonds. The fraction of sp³-hybridized carbons (Fsp3) is 0.435. The summed E-state index contributed by atoms with van der Waals surface area (Å²) >= 11 is 6.52. The second-order valence-electron chi connectivity index (χ2n) is 17.5. The number of fused-ring (bicyclic) bond motifs is 1. The summed E-state index contributed by atoms with van der Waals surface area (Å²) in [5.74, 6) is -2.01. The third kappa shape index (κ3) is 9.53. The monoisotopic (exact) mass is 929 g/mol. The topological polar surface area (TPSA) is 186 Å². The van der Waals surface area contributed by atoms with Crippen molar-refractivity contribution in [3.8, 4) is 5.75 Å². The smallest absolute Gasteiger partial charge is 0.262 e. The molecule has 4 aliphatic rings. The number of rotatable bonds is 13. The number of ether oxygens (including phenoxy) is 1. The number of hydrogen-bond acceptors (Lipinski definition) is 14. The van der Waals surface area contributed by atoms with E-state index >= 15 is 4.39 Å². The van der Waals surface area contributed by atoms with E-state index in [0.717, 1.165) is 61.2 Å². The van der Waals surface area contributed by atoms with Crippen molar-refractivity contribution in [3.63, 3.8) is 0 Å². The van der Waals surface area contributed by atoms with E-state index in [9.17, 15) is 27.6 Å². The molecule has 1 aromatic heterocycles. The first-order valence-corrected chi connectivity index (χ1v) is 23.9. The number of piperidine rings is 2. The van der Waals surface area contributed by atoms with Crippen molar-refractivity contribution in [1.82, 2.24) is 30.0 Å². The van der Waals surface area contributed by atoms with Gasteiger partial charge >= 0.3 is 0 Å². The number of halogens is 2. The molecule has 3 saturated heterocycles. The highest BCUT2D eigenvalue weighted by molar-refractivity contribution is 7.92. The highest BCUT2D eigenvalue weighted by Gasteiger charge is 2.45. The summed E-state index contributed by atoms with van der Waals surface area (Å²) in [5.41, 5.74) is 3.44. The normalized spacial score (nSPS) is 19.0. The lowest BCUT2D eigenvalue weighted by Gasteiger charge is -2.43. The molecule has 4 aromatic rings. The van der Waals surface area contributed by atoms with Crippen LogP contribution in [0.1, 0.15) is 85.2 Å². The summed E-state index contributed by atoms with van der Waals surface area (Å²) in [4.78, 5) is 67.7. The Kier molecular flexibility index (Phi) is 13.2. The fourth-order valence-corrected chi connectivity index (χ4v) is 10.3. The molecule has 19 heteroatoms. The summed E-state index contributed by atoms with van der Waals surface area (Å²) < 4.78 is 48.0. The maximum atomic E-state index is 15.4. The van der Waals surface area contributed by atoms with Crippen LogP contribution in [0, 0.1) is 12.7 Å². The second kappa shape index (κ2) is 18.7. The number of sulfone groups is 1. The molecule has 0 saturated carbocycles. The van der Waals surface area contributed by atoms with Crippen LogP contribution in [0.4, 0.5) is 33.2 Å². The molecule has 5 heterocycles. The van der Waals surface area contributed by atoms with E-state index in [0.29, 0.717) is 41.8 Å². The molecule has 0 bridgehead atoms. The van der Waals surface area contributed by atoms with Gasteiger partial charge in [0.1, 0.15) is 22.6 Å².